The number of nitrogens with zero attached hydrogens (tertiary/aromatic N) is 4. The summed E-state index contributed by atoms with van der Waals surface area (Å²) in [4.78, 5) is 14.0. The van der Waals surface area contributed by atoms with Crippen LogP contribution in [-0.2, 0) is 11.3 Å². The number of carbonyl (C=O) groups excluding carboxylic acids is 1. The first kappa shape index (κ1) is 17.3. The Labute approximate surface area is 141 Å². The summed E-state index contributed by atoms with van der Waals surface area (Å²) >= 11 is 1.40. The number of carbonyl (C=O) groups is 1. The first-order valence-electron chi connectivity index (χ1n) is 7.52. The quantitative estimate of drug-likeness (QED) is 0.788. The van der Waals surface area contributed by atoms with Crippen molar-refractivity contribution < 1.29 is 4.79 Å². The van der Waals surface area contributed by atoms with Crippen molar-refractivity contribution >= 4 is 23.4 Å². The fourth-order valence-corrected chi connectivity index (χ4v) is 2.86. The van der Waals surface area contributed by atoms with Crippen LogP contribution in [0.5, 0.6) is 0 Å². The van der Waals surface area contributed by atoms with Crippen LogP contribution >= 0.6 is 11.8 Å². The van der Waals surface area contributed by atoms with Crippen molar-refractivity contribution in [3.05, 3.63) is 36.2 Å². The van der Waals surface area contributed by atoms with Gasteiger partial charge in [0.1, 0.15) is 6.33 Å². The zero-order valence-corrected chi connectivity index (χ0v) is 14.8. The summed E-state index contributed by atoms with van der Waals surface area (Å²) in [7, 11) is 4.01. The predicted molar refractivity (Wildman–Crippen MR) is 93.7 cm³/mol. The van der Waals surface area contributed by atoms with Gasteiger partial charge >= 0.3 is 0 Å². The fourth-order valence-electron chi connectivity index (χ4n) is 1.98. The number of aromatic nitrogens is 3. The Hall–Kier alpha value is -2.02. The van der Waals surface area contributed by atoms with Crippen LogP contribution in [0.3, 0.4) is 0 Å². The Bertz CT molecular complexity index is 636. The number of hydrogen-bond donors (Lipinski definition) is 1. The lowest BCUT2D eigenvalue weighted by molar-refractivity contribution is -0.118. The van der Waals surface area contributed by atoms with Gasteiger partial charge in [-0.3, -0.25) is 4.79 Å². The van der Waals surface area contributed by atoms with Gasteiger partial charge in [-0.25, -0.2) is 0 Å². The normalized spacial score (nSPS) is 10.8. The molecule has 1 amide bonds. The minimum absolute atomic E-state index is 0.00927. The molecule has 2 aromatic rings. The molecule has 1 N–H and O–H groups in total. The van der Waals surface area contributed by atoms with E-state index in [0.29, 0.717) is 12.3 Å². The lowest BCUT2D eigenvalue weighted by Crippen LogP contribution is -2.24. The molecule has 0 saturated carbocycles. The standard InChI is InChI=1S/C16H23N5OS/c1-12(2)21-11-18-19-16(21)23-10-15(22)17-9-13-5-7-14(8-6-13)20(3)4/h5-8,11-12H,9-10H2,1-4H3,(H,17,22). The molecule has 1 aromatic heterocycles. The Morgan fingerprint density at radius 1 is 1.30 bits per heavy atom. The van der Waals surface area contributed by atoms with E-state index in [9.17, 15) is 4.79 Å². The molecule has 1 heterocycles. The summed E-state index contributed by atoms with van der Waals surface area (Å²) in [6.07, 6.45) is 1.69. The average molecular weight is 333 g/mol. The molecule has 0 spiro atoms. The van der Waals surface area contributed by atoms with Gasteiger partial charge in [0.15, 0.2) is 5.16 Å². The number of rotatable bonds is 7. The molecule has 124 valence electrons. The van der Waals surface area contributed by atoms with Crippen LogP contribution in [0, 0.1) is 0 Å². The first-order chi connectivity index (χ1) is 11.0. The maximum Gasteiger partial charge on any atom is 0.230 e. The number of amides is 1. The summed E-state index contributed by atoms with van der Waals surface area (Å²) < 4.78 is 1.96. The monoisotopic (exact) mass is 333 g/mol. The number of benzene rings is 1. The van der Waals surface area contributed by atoms with Crippen molar-refractivity contribution in [2.75, 3.05) is 24.7 Å². The Kier molecular flexibility index (Phi) is 6.04. The van der Waals surface area contributed by atoms with Gasteiger partial charge in [-0.2, -0.15) is 0 Å². The second-order valence-corrected chi connectivity index (χ2v) is 6.68. The second kappa shape index (κ2) is 8.01. The highest BCUT2D eigenvalue weighted by atomic mass is 32.2. The van der Waals surface area contributed by atoms with Crippen LogP contribution in [0.1, 0.15) is 25.5 Å². The van der Waals surface area contributed by atoms with Gasteiger partial charge in [-0.05, 0) is 31.5 Å². The highest BCUT2D eigenvalue weighted by Gasteiger charge is 2.10. The minimum atomic E-state index is -0.00927. The molecule has 0 saturated heterocycles. The molecule has 0 unspecified atom stereocenters. The molecule has 2 rings (SSSR count). The Morgan fingerprint density at radius 3 is 2.61 bits per heavy atom. The van der Waals surface area contributed by atoms with Gasteiger partial charge in [-0.15, -0.1) is 10.2 Å². The van der Waals surface area contributed by atoms with Crippen molar-refractivity contribution in [3.63, 3.8) is 0 Å². The molecule has 0 aliphatic heterocycles. The first-order valence-corrected chi connectivity index (χ1v) is 8.51. The van der Waals surface area contributed by atoms with Gasteiger partial charge in [-0.1, -0.05) is 23.9 Å². The molecule has 0 radical (unpaired) electrons. The van der Waals surface area contributed by atoms with E-state index in [-0.39, 0.29) is 11.9 Å². The van der Waals surface area contributed by atoms with Crippen LogP contribution in [0.25, 0.3) is 0 Å². The largest absolute Gasteiger partial charge is 0.378 e. The third kappa shape index (κ3) is 4.99. The van der Waals surface area contributed by atoms with E-state index in [1.54, 1.807) is 6.33 Å². The topological polar surface area (TPSA) is 63.1 Å². The molecular weight excluding hydrogens is 310 g/mol. The van der Waals surface area contributed by atoms with E-state index in [4.69, 9.17) is 0 Å². The molecule has 6 nitrogen and oxygen atoms in total. The van der Waals surface area contributed by atoms with Crippen molar-refractivity contribution in [1.29, 1.82) is 0 Å². The van der Waals surface area contributed by atoms with Gasteiger partial charge in [0.05, 0.1) is 5.75 Å². The van der Waals surface area contributed by atoms with E-state index in [1.165, 1.54) is 11.8 Å². The van der Waals surface area contributed by atoms with Gasteiger partial charge < -0.3 is 14.8 Å². The van der Waals surface area contributed by atoms with Gasteiger partial charge in [0, 0.05) is 32.4 Å². The van der Waals surface area contributed by atoms with Gasteiger partial charge in [0.25, 0.3) is 0 Å². The van der Waals surface area contributed by atoms with Crippen molar-refractivity contribution in [1.82, 2.24) is 20.1 Å². The van der Waals surface area contributed by atoms with Crippen molar-refractivity contribution in [3.8, 4) is 0 Å². The third-order valence-corrected chi connectivity index (χ3v) is 4.33. The highest BCUT2D eigenvalue weighted by molar-refractivity contribution is 7.99. The lowest BCUT2D eigenvalue weighted by Gasteiger charge is -2.13. The zero-order chi connectivity index (χ0) is 16.8. The molecule has 0 fully saturated rings. The van der Waals surface area contributed by atoms with Crippen LogP contribution < -0.4 is 10.2 Å². The van der Waals surface area contributed by atoms with E-state index >= 15 is 0 Å². The lowest BCUT2D eigenvalue weighted by atomic mass is 10.2. The Balaban J connectivity index is 1.80. The summed E-state index contributed by atoms with van der Waals surface area (Å²) in [5.74, 6) is 0.325. The maximum atomic E-state index is 12.0. The molecule has 0 aliphatic carbocycles. The summed E-state index contributed by atoms with van der Waals surface area (Å²) in [5, 5.41) is 11.6. The number of thioether (sulfide) groups is 1. The number of anilines is 1. The van der Waals surface area contributed by atoms with Crippen LogP contribution in [0.15, 0.2) is 35.7 Å². The van der Waals surface area contributed by atoms with Crippen LogP contribution in [0.4, 0.5) is 5.69 Å². The van der Waals surface area contributed by atoms with E-state index in [1.807, 2.05) is 47.8 Å². The molecular formula is C16H23N5OS. The zero-order valence-electron chi connectivity index (χ0n) is 14.0. The SMILES string of the molecule is CC(C)n1cnnc1SCC(=O)NCc1ccc(N(C)C)cc1. The molecule has 1 aromatic carbocycles. The number of hydrogen-bond acceptors (Lipinski definition) is 5. The molecule has 0 atom stereocenters. The van der Waals surface area contributed by atoms with Gasteiger partial charge in [0.2, 0.25) is 5.91 Å². The molecule has 0 bridgehead atoms. The van der Waals surface area contributed by atoms with Crippen LogP contribution in [0.2, 0.25) is 0 Å². The predicted octanol–water partition coefficient (Wildman–Crippen LogP) is 2.33. The summed E-state index contributed by atoms with van der Waals surface area (Å²) in [6, 6.07) is 8.42. The smallest absolute Gasteiger partial charge is 0.230 e. The molecule has 7 heteroatoms. The van der Waals surface area contributed by atoms with Crippen LogP contribution in [-0.4, -0.2) is 40.5 Å². The van der Waals surface area contributed by atoms with E-state index in [2.05, 4.69) is 29.4 Å². The molecule has 0 aliphatic rings. The summed E-state index contributed by atoms with van der Waals surface area (Å²) in [5.41, 5.74) is 2.22. The van der Waals surface area contributed by atoms with E-state index < -0.39 is 0 Å². The van der Waals surface area contributed by atoms with E-state index in [0.717, 1.165) is 16.4 Å². The molecule has 23 heavy (non-hydrogen) atoms. The van der Waals surface area contributed by atoms with Crippen molar-refractivity contribution in [2.45, 2.75) is 31.6 Å². The summed E-state index contributed by atoms with van der Waals surface area (Å²) in [6.45, 7) is 4.65. The fraction of sp³-hybridized carbons (Fsp3) is 0.438. The van der Waals surface area contributed by atoms with Crippen molar-refractivity contribution in [2.24, 2.45) is 0 Å². The minimum Gasteiger partial charge on any atom is -0.378 e. The average Bonchev–Trinajstić information content (AvgIpc) is 3.00. The number of nitrogens with one attached hydrogen (secondary N) is 1. The third-order valence-electron chi connectivity index (χ3n) is 3.37. The highest BCUT2D eigenvalue weighted by Crippen LogP contribution is 2.18. The Morgan fingerprint density at radius 2 is 2.00 bits per heavy atom. The second-order valence-electron chi connectivity index (χ2n) is 5.74. The maximum absolute atomic E-state index is 12.0.